The van der Waals surface area contributed by atoms with E-state index in [0.717, 1.165) is 17.0 Å². The first kappa shape index (κ1) is 17.5. The summed E-state index contributed by atoms with van der Waals surface area (Å²) in [6.07, 6.45) is 3.13. The molecule has 0 radical (unpaired) electrons. The molecule has 0 unspecified atom stereocenters. The highest BCUT2D eigenvalue weighted by molar-refractivity contribution is 6.04. The largest absolute Gasteiger partial charge is 0.457 e. The first-order valence-corrected chi connectivity index (χ1v) is 8.82. The predicted molar refractivity (Wildman–Crippen MR) is 106 cm³/mol. The maximum atomic E-state index is 12.7. The third kappa shape index (κ3) is 4.24. The van der Waals surface area contributed by atoms with Crippen LogP contribution >= 0.6 is 0 Å². The van der Waals surface area contributed by atoms with E-state index in [0.29, 0.717) is 17.9 Å². The molecule has 4 rings (SSSR count). The van der Waals surface area contributed by atoms with Crippen LogP contribution in [0.15, 0.2) is 91.5 Å². The Balaban J connectivity index is 1.45. The molecular weight excluding hydrogens is 352 g/mol. The van der Waals surface area contributed by atoms with E-state index in [4.69, 9.17) is 4.74 Å². The van der Waals surface area contributed by atoms with Gasteiger partial charge >= 0.3 is 0 Å². The second-order valence-corrected chi connectivity index (χ2v) is 6.14. The SMILES string of the molecule is O=C(Nc1ccccc1Cn1cncn1)c1ccc(Oc2ccccc2)cc1. The lowest BCUT2D eigenvalue weighted by Gasteiger charge is -2.11. The smallest absolute Gasteiger partial charge is 0.255 e. The molecule has 1 N–H and O–H groups in total. The lowest BCUT2D eigenvalue weighted by Crippen LogP contribution is -2.14. The Morgan fingerprint density at radius 3 is 2.36 bits per heavy atom. The lowest BCUT2D eigenvalue weighted by molar-refractivity contribution is 0.102. The fraction of sp³-hybridized carbons (Fsp3) is 0.0455. The summed E-state index contributed by atoms with van der Waals surface area (Å²) in [6, 6.07) is 24.2. The van der Waals surface area contributed by atoms with Gasteiger partial charge in [-0.2, -0.15) is 5.10 Å². The minimum absolute atomic E-state index is 0.183. The van der Waals surface area contributed by atoms with E-state index in [9.17, 15) is 4.79 Å². The van der Waals surface area contributed by atoms with Crippen molar-refractivity contribution in [1.82, 2.24) is 14.8 Å². The zero-order valence-electron chi connectivity index (χ0n) is 15.0. The summed E-state index contributed by atoms with van der Waals surface area (Å²) >= 11 is 0. The standard InChI is InChI=1S/C22H18N4O2/c27-22(17-10-12-20(13-11-17)28-19-7-2-1-3-8-19)25-21-9-5-4-6-18(21)14-26-16-23-15-24-26/h1-13,15-16H,14H2,(H,25,27). The van der Waals surface area contributed by atoms with Crippen LogP contribution in [0, 0.1) is 0 Å². The molecule has 0 saturated carbocycles. The first-order chi connectivity index (χ1) is 13.8. The molecule has 0 saturated heterocycles. The summed E-state index contributed by atoms with van der Waals surface area (Å²) in [5.41, 5.74) is 2.24. The number of para-hydroxylation sites is 2. The van der Waals surface area contributed by atoms with Crippen molar-refractivity contribution >= 4 is 11.6 Å². The van der Waals surface area contributed by atoms with Gasteiger partial charge in [0.2, 0.25) is 0 Å². The molecule has 0 spiro atoms. The Morgan fingerprint density at radius 2 is 1.61 bits per heavy atom. The number of hydrogen-bond donors (Lipinski definition) is 1. The van der Waals surface area contributed by atoms with Crippen molar-refractivity contribution in [3.8, 4) is 11.5 Å². The van der Waals surface area contributed by atoms with Crippen LogP contribution < -0.4 is 10.1 Å². The molecule has 6 heteroatoms. The van der Waals surface area contributed by atoms with Gasteiger partial charge in [0.15, 0.2) is 0 Å². The summed E-state index contributed by atoms with van der Waals surface area (Å²) in [6.45, 7) is 0.528. The average molecular weight is 370 g/mol. The Bertz CT molecular complexity index is 1050. The van der Waals surface area contributed by atoms with Crippen LogP contribution in [0.2, 0.25) is 0 Å². The van der Waals surface area contributed by atoms with Crippen LogP contribution in [0.4, 0.5) is 5.69 Å². The van der Waals surface area contributed by atoms with E-state index < -0.39 is 0 Å². The van der Waals surface area contributed by atoms with Crippen molar-refractivity contribution in [3.63, 3.8) is 0 Å². The number of carbonyl (C=O) groups is 1. The highest BCUT2D eigenvalue weighted by atomic mass is 16.5. The first-order valence-electron chi connectivity index (χ1n) is 8.82. The lowest BCUT2D eigenvalue weighted by atomic mass is 10.1. The molecule has 1 amide bonds. The Morgan fingerprint density at radius 1 is 0.893 bits per heavy atom. The highest BCUT2D eigenvalue weighted by Crippen LogP contribution is 2.22. The van der Waals surface area contributed by atoms with Gasteiger partial charge in [-0.15, -0.1) is 0 Å². The third-order valence-electron chi connectivity index (χ3n) is 4.16. The number of aromatic nitrogens is 3. The minimum Gasteiger partial charge on any atom is -0.457 e. The fourth-order valence-electron chi connectivity index (χ4n) is 2.76. The second-order valence-electron chi connectivity index (χ2n) is 6.14. The van der Waals surface area contributed by atoms with Crippen LogP contribution in [-0.2, 0) is 6.54 Å². The van der Waals surface area contributed by atoms with E-state index in [1.807, 2.05) is 54.6 Å². The summed E-state index contributed by atoms with van der Waals surface area (Å²) in [5, 5.41) is 7.08. The number of carbonyl (C=O) groups excluding carboxylic acids is 1. The molecule has 1 heterocycles. The van der Waals surface area contributed by atoms with E-state index in [1.54, 1.807) is 35.3 Å². The molecule has 0 atom stereocenters. The average Bonchev–Trinajstić information content (AvgIpc) is 3.24. The molecule has 0 aliphatic rings. The molecule has 0 bridgehead atoms. The minimum atomic E-state index is -0.183. The second kappa shape index (κ2) is 8.18. The summed E-state index contributed by atoms with van der Waals surface area (Å²) in [4.78, 5) is 16.6. The number of nitrogens with zero attached hydrogens (tertiary/aromatic N) is 3. The molecule has 0 fully saturated rings. The van der Waals surface area contributed by atoms with Crippen LogP contribution in [-0.4, -0.2) is 20.7 Å². The number of anilines is 1. The van der Waals surface area contributed by atoms with Gasteiger partial charge in [-0.25, -0.2) is 9.67 Å². The van der Waals surface area contributed by atoms with Crippen molar-refractivity contribution in [2.24, 2.45) is 0 Å². The summed E-state index contributed by atoms with van der Waals surface area (Å²) < 4.78 is 7.47. The number of rotatable bonds is 6. The van der Waals surface area contributed by atoms with Crippen molar-refractivity contribution in [1.29, 1.82) is 0 Å². The van der Waals surface area contributed by atoms with Gasteiger partial charge in [0.25, 0.3) is 5.91 Å². The van der Waals surface area contributed by atoms with Gasteiger partial charge in [-0.3, -0.25) is 4.79 Å². The Labute approximate surface area is 162 Å². The van der Waals surface area contributed by atoms with Gasteiger partial charge in [-0.05, 0) is 48.0 Å². The van der Waals surface area contributed by atoms with Crippen LogP contribution in [0.3, 0.4) is 0 Å². The molecule has 28 heavy (non-hydrogen) atoms. The monoisotopic (exact) mass is 370 g/mol. The molecular formula is C22H18N4O2. The van der Waals surface area contributed by atoms with Gasteiger partial charge < -0.3 is 10.1 Å². The van der Waals surface area contributed by atoms with Gasteiger partial charge in [0.1, 0.15) is 24.2 Å². The number of nitrogens with one attached hydrogen (secondary N) is 1. The highest BCUT2D eigenvalue weighted by Gasteiger charge is 2.10. The predicted octanol–water partition coefficient (Wildman–Crippen LogP) is 4.37. The summed E-state index contributed by atoms with van der Waals surface area (Å²) in [7, 11) is 0. The summed E-state index contributed by atoms with van der Waals surface area (Å²) in [5.74, 6) is 1.24. The van der Waals surface area contributed by atoms with Crippen molar-refractivity contribution in [2.75, 3.05) is 5.32 Å². The number of amides is 1. The van der Waals surface area contributed by atoms with Gasteiger partial charge in [-0.1, -0.05) is 36.4 Å². The normalized spacial score (nSPS) is 10.4. The molecule has 3 aromatic carbocycles. The number of benzene rings is 3. The van der Waals surface area contributed by atoms with Crippen LogP contribution in [0.5, 0.6) is 11.5 Å². The van der Waals surface area contributed by atoms with Crippen molar-refractivity contribution in [3.05, 3.63) is 103 Å². The fourth-order valence-corrected chi connectivity index (χ4v) is 2.76. The zero-order valence-corrected chi connectivity index (χ0v) is 15.0. The molecule has 0 aliphatic heterocycles. The number of ether oxygens (including phenoxy) is 1. The molecule has 0 aliphatic carbocycles. The van der Waals surface area contributed by atoms with Crippen LogP contribution in [0.1, 0.15) is 15.9 Å². The Hall–Kier alpha value is -3.93. The molecule has 6 nitrogen and oxygen atoms in total. The molecule has 4 aromatic rings. The van der Waals surface area contributed by atoms with E-state index in [-0.39, 0.29) is 5.91 Å². The molecule has 1 aromatic heterocycles. The third-order valence-corrected chi connectivity index (χ3v) is 4.16. The van der Waals surface area contributed by atoms with Crippen LogP contribution in [0.25, 0.3) is 0 Å². The Kier molecular flexibility index (Phi) is 5.11. The zero-order chi connectivity index (χ0) is 19.2. The number of hydrogen-bond acceptors (Lipinski definition) is 4. The van der Waals surface area contributed by atoms with Crippen molar-refractivity contribution < 1.29 is 9.53 Å². The maximum absolute atomic E-state index is 12.7. The van der Waals surface area contributed by atoms with Gasteiger partial charge in [0.05, 0.1) is 6.54 Å². The van der Waals surface area contributed by atoms with E-state index in [2.05, 4.69) is 15.4 Å². The topological polar surface area (TPSA) is 69.0 Å². The van der Waals surface area contributed by atoms with E-state index >= 15 is 0 Å². The molecule has 138 valence electrons. The van der Waals surface area contributed by atoms with E-state index in [1.165, 1.54) is 6.33 Å². The maximum Gasteiger partial charge on any atom is 0.255 e. The van der Waals surface area contributed by atoms with Crippen molar-refractivity contribution in [2.45, 2.75) is 6.54 Å². The van der Waals surface area contributed by atoms with Gasteiger partial charge in [0, 0.05) is 11.3 Å². The quantitative estimate of drug-likeness (QED) is 0.547.